The molecule has 100 valence electrons. The standard InChI is InChI=1S/C15H15BrO3/c1-10(17)11-3-8-15(14(16)9-11)19-13-6-4-12(18-2)5-7-13/h3-10,17H,1-2H3/t10-/m1/s1. The van der Waals surface area contributed by atoms with E-state index in [2.05, 4.69) is 15.9 Å². The van der Waals surface area contributed by atoms with Gasteiger partial charge in [-0.3, -0.25) is 0 Å². The van der Waals surface area contributed by atoms with Crippen molar-refractivity contribution in [3.05, 3.63) is 52.5 Å². The number of ether oxygens (including phenoxy) is 2. The van der Waals surface area contributed by atoms with Crippen molar-refractivity contribution in [2.75, 3.05) is 7.11 Å². The van der Waals surface area contributed by atoms with Crippen LogP contribution >= 0.6 is 15.9 Å². The van der Waals surface area contributed by atoms with Gasteiger partial charge in [-0.25, -0.2) is 0 Å². The molecule has 0 aliphatic heterocycles. The van der Waals surface area contributed by atoms with E-state index >= 15 is 0 Å². The van der Waals surface area contributed by atoms with Crippen LogP contribution in [0.1, 0.15) is 18.6 Å². The molecule has 0 saturated heterocycles. The zero-order valence-electron chi connectivity index (χ0n) is 10.8. The van der Waals surface area contributed by atoms with Crippen LogP contribution in [0, 0.1) is 0 Å². The number of hydrogen-bond donors (Lipinski definition) is 1. The molecule has 1 N–H and O–H groups in total. The Bertz CT molecular complexity index is 550. The van der Waals surface area contributed by atoms with Gasteiger partial charge in [0, 0.05) is 0 Å². The molecule has 0 bridgehead atoms. The summed E-state index contributed by atoms with van der Waals surface area (Å²) in [5, 5.41) is 9.51. The summed E-state index contributed by atoms with van der Waals surface area (Å²) in [6, 6.07) is 12.9. The molecule has 0 heterocycles. The van der Waals surface area contributed by atoms with Crippen molar-refractivity contribution < 1.29 is 14.6 Å². The minimum absolute atomic E-state index is 0.494. The summed E-state index contributed by atoms with van der Waals surface area (Å²) in [7, 11) is 1.63. The second-order valence-corrected chi connectivity index (χ2v) is 5.00. The van der Waals surface area contributed by atoms with Crippen LogP contribution in [0.5, 0.6) is 17.2 Å². The van der Waals surface area contributed by atoms with Crippen molar-refractivity contribution in [2.45, 2.75) is 13.0 Å². The van der Waals surface area contributed by atoms with Gasteiger partial charge in [0.15, 0.2) is 0 Å². The predicted molar refractivity (Wildman–Crippen MR) is 77.8 cm³/mol. The van der Waals surface area contributed by atoms with Gasteiger partial charge in [-0.15, -0.1) is 0 Å². The van der Waals surface area contributed by atoms with E-state index in [4.69, 9.17) is 9.47 Å². The van der Waals surface area contributed by atoms with Crippen LogP contribution in [0.4, 0.5) is 0 Å². The highest BCUT2D eigenvalue weighted by Crippen LogP contribution is 2.32. The topological polar surface area (TPSA) is 38.7 Å². The van der Waals surface area contributed by atoms with E-state index in [1.54, 1.807) is 14.0 Å². The molecule has 2 rings (SSSR count). The second-order valence-electron chi connectivity index (χ2n) is 4.14. The Morgan fingerprint density at radius 2 is 1.68 bits per heavy atom. The molecule has 2 aromatic carbocycles. The van der Waals surface area contributed by atoms with Crippen LogP contribution in [0.3, 0.4) is 0 Å². The summed E-state index contributed by atoms with van der Waals surface area (Å²) in [6.07, 6.45) is -0.494. The third kappa shape index (κ3) is 3.49. The first-order valence-electron chi connectivity index (χ1n) is 5.89. The number of halogens is 1. The molecule has 0 unspecified atom stereocenters. The monoisotopic (exact) mass is 322 g/mol. The summed E-state index contributed by atoms with van der Waals surface area (Å²) in [4.78, 5) is 0. The first-order chi connectivity index (χ1) is 9.10. The molecule has 4 heteroatoms. The third-order valence-electron chi connectivity index (χ3n) is 2.73. The Labute approximate surface area is 120 Å². The van der Waals surface area contributed by atoms with Gasteiger partial charge in [0.2, 0.25) is 0 Å². The van der Waals surface area contributed by atoms with E-state index in [1.807, 2.05) is 42.5 Å². The lowest BCUT2D eigenvalue weighted by Crippen LogP contribution is -1.92. The fraction of sp³-hybridized carbons (Fsp3) is 0.200. The Kier molecular flexibility index (Phi) is 4.45. The van der Waals surface area contributed by atoms with Crippen molar-refractivity contribution in [3.63, 3.8) is 0 Å². The average Bonchev–Trinajstić information content (AvgIpc) is 2.41. The van der Waals surface area contributed by atoms with Crippen molar-refractivity contribution in [1.82, 2.24) is 0 Å². The molecule has 0 aliphatic rings. The van der Waals surface area contributed by atoms with Gasteiger partial charge < -0.3 is 14.6 Å². The zero-order chi connectivity index (χ0) is 13.8. The van der Waals surface area contributed by atoms with E-state index in [9.17, 15) is 5.11 Å². The predicted octanol–water partition coefficient (Wildman–Crippen LogP) is 4.30. The molecule has 0 spiro atoms. The van der Waals surface area contributed by atoms with Crippen LogP contribution in [0.25, 0.3) is 0 Å². The highest BCUT2D eigenvalue weighted by Gasteiger charge is 2.07. The van der Waals surface area contributed by atoms with Crippen molar-refractivity contribution in [1.29, 1.82) is 0 Å². The molecular formula is C15H15BrO3. The van der Waals surface area contributed by atoms with Gasteiger partial charge in [-0.05, 0) is 64.8 Å². The van der Waals surface area contributed by atoms with E-state index in [0.29, 0.717) is 5.75 Å². The van der Waals surface area contributed by atoms with Crippen molar-refractivity contribution in [3.8, 4) is 17.2 Å². The molecule has 0 radical (unpaired) electrons. The number of rotatable bonds is 4. The summed E-state index contributed by atoms with van der Waals surface area (Å²) < 4.78 is 11.7. The Morgan fingerprint density at radius 3 is 2.21 bits per heavy atom. The number of aliphatic hydroxyl groups excluding tert-OH is 1. The van der Waals surface area contributed by atoms with E-state index in [1.165, 1.54) is 0 Å². The lowest BCUT2D eigenvalue weighted by molar-refractivity contribution is 0.199. The Hall–Kier alpha value is -1.52. The molecule has 19 heavy (non-hydrogen) atoms. The SMILES string of the molecule is COc1ccc(Oc2ccc([C@@H](C)O)cc2Br)cc1. The van der Waals surface area contributed by atoms with Crippen LogP contribution in [-0.2, 0) is 0 Å². The Morgan fingerprint density at radius 1 is 1.05 bits per heavy atom. The molecule has 1 atom stereocenters. The molecule has 0 aliphatic carbocycles. The van der Waals surface area contributed by atoms with Gasteiger partial charge in [0.05, 0.1) is 17.7 Å². The number of hydrogen-bond acceptors (Lipinski definition) is 3. The summed E-state index contributed by atoms with van der Waals surface area (Å²) >= 11 is 3.44. The maximum atomic E-state index is 9.51. The number of benzene rings is 2. The highest BCUT2D eigenvalue weighted by molar-refractivity contribution is 9.10. The summed E-state index contributed by atoms with van der Waals surface area (Å²) in [5.41, 5.74) is 0.842. The first kappa shape index (κ1) is 13.9. The van der Waals surface area contributed by atoms with Gasteiger partial charge >= 0.3 is 0 Å². The largest absolute Gasteiger partial charge is 0.497 e. The normalized spacial score (nSPS) is 12.0. The summed E-state index contributed by atoms with van der Waals surface area (Å²) in [6.45, 7) is 1.73. The van der Waals surface area contributed by atoms with Crippen molar-refractivity contribution in [2.24, 2.45) is 0 Å². The molecule has 0 amide bonds. The number of methoxy groups -OCH3 is 1. The Balaban J connectivity index is 2.18. The van der Waals surface area contributed by atoms with E-state index in [0.717, 1.165) is 21.5 Å². The maximum Gasteiger partial charge on any atom is 0.141 e. The van der Waals surface area contributed by atoms with Crippen molar-refractivity contribution >= 4 is 15.9 Å². The minimum Gasteiger partial charge on any atom is -0.497 e. The highest BCUT2D eigenvalue weighted by atomic mass is 79.9. The number of aliphatic hydroxyl groups is 1. The van der Waals surface area contributed by atoms with Gasteiger partial charge in [-0.1, -0.05) is 6.07 Å². The van der Waals surface area contributed by atoms with Gasteiger partial charge in [0.25, 0.3) is 0 Å². The summed E-state index contributed by atoms with van der Waals surface area (Å²) in [5.74, 6) is 2.22. The quantitative estimate of drug-likeness (QED) is 0.911. The van der Waals surface area contributed by atoms with Crippen LogP contribution in [0.2, 0.25) is 0 Å². The van der Waals surface area contributed by atoms with Gasteiger partial charge in [0.1, 0.15) is 17.2 Å². The maximum absolute atomic E-state index is 9.51. The average molecular weight is 323 g/mol. The first-order valence-corrected chi connectivity index (χ1v) is 6.69. The lowest BCUT2D eigenvalue weighted by atomic mass is 10.1. The lowest BCUT2D eigenvalue weighted by Gasteiger charge is -2.11. The molecule has 0 saturated carbocycles. The second kappa shape index (κ2) is 6.08. The molecule has 0 aromatic heterocycles. The van der Waals surface area contributed by atoms with E-state index < -0.39 is 6.10 Å². The van der Waals surface area contributed by atoms with Crippen LogP contribution in [-0.4, -0.2) is 12.2 Å². The molecular weight excluding hydrogens is 308 g/mol. The third-order valence-corrected chi connectivity index (χ3v) is 3.35. The van der Waals surface area contributed by atoms with E-state index in [-0.39, 0.29) is 0 Å². The van der Waals surface area contributed by atoms with Gasteiger partial charge in [-0.2, -0.15) is 0 Å². The fourth-order valence-electron chi connectivity index (χ4n) is 1.63. The fourth-order valence-corrected chi connectivity index (χ4v) is 2.11. The zero-order valence-corrected chi connectivity index (χ0v) is 12.3. The van der Waals surface area contributed by atoms with Crippen LogP contribution < -0.4 is 9.47 Å². The smallest absolute Gasteiger partial charge is 0.141 e. The minimum atomic E-state index is -0.494. The molecule has 0 fully saturated rings. The molecule has 3 nitrogen and oxygen atoms in total. The van der Waals surface area contributed by atoms with Crippen LogP contribution in [0.15, 0.2) is 46.9 Å². The molecule has 2 aromatic rings.